The van der Waals surface area contributed by atoms with Gasteiger partial charge in [-0.05, 0) is 65.8 Å². The molecule has 0 aliphatic heterocycles. The lowest BCUT2D eigenvalue weighted by Gasteiger charge is -2.35. The third-order valence-electron chi connectivity index (χ3n) is 6.25. The summed E-state index contributed by atoms with van der Waals surface area (Å²) in [5, 5.41) is 0. The van der Waals surface area contributed by atoms with E-state index in [0.29, 0.717) is 24.8 Å². The van der Waals surface area contributed by atoms with E-state index in [2.05, 4.69) is 6.58 Å². The Morgan fingerprint density at radius 1 is 0.892 bits per heavy atom. The number of hydrogen-bond donors (Lipinski definition) is 0. The molecule has 0 N–H and O–H groups in total. The third-order valence-corrected chi connectivity index (χ3v) is 6.25. The molecule has 0 spiro atoms. The molecule has 3 aromatic carbocycles. The van der Waals surface area contributed by atoms with Gasteiger partial charge in [-0.15, -0.1) is 6.58 Å². The van der Waals surface area contributed by atoms with Crippen LogP contribution >= 0.6 is 0 Å². The molecule has 2 nitrogen and oxygen atoms in total. The van der Waals surface area contributed by atoms with Gasteiger partial charge in [0.1, 0.15) is 11.6 Å². The maximum atomic E-state index is 15.3. The van der Waals surface area contributed by atoms with Gasteiger partial charge in [0.15, 0.2) is 11.6 Å². The molecule has 0 fully saturated rings. The zero-order valence-corrected chi connectivity index (χ0v) is 19.6. The van der Waals surface area contributed by atoms with Crippen molar-refractivity contribution in [2.75, 3.05) is 0 Å². The third kappa shape index (κ3) is 4.30. The van der Waals surface area contributed by atoms with Crippen molar-refractivity contribution in [3.05, 3.63) is 100 Å². The van der Waals surface area contributed by atoms with Crippen LogP contribution in [-0.4, -0.2) is 5.97 Å². The number of hydrogen-bond acceptors (Lipinski definition) is 2. The molecule has 0 saturated carbocycles. The maximum Gasteiger partial charge on any atom is 0.346 e. The highest BCUT2D eigenvalue weighted by Gasteiger charge is 2.65. The van der Waals surface area contributed by atoms with E-state index in [4.69, 9.17) is 4.74 Å². The molecule has 0 radical (unpaired) electrons. The molecule has 0 heterocycles. The fourth-order valence-corrected chi connectivity index (χ4v) is 4.40. The van der Waals surface area contributed by atoms with Crippen molar-refractivity contribution in [2.45, 2.75) is 44.5 Å². The van der Waals surface area contributed by atoms with Crippen molar-refractivity contribution in [1.29, 1.82) is 0 Å². The molecule has 0 aromatic heterocycles. The Balaban J connectivity index is 1.77. The first-order valence-electron chi connectivity index (χ1n) is 11.5. The van der Waals surface area contributed by atoms with Gasteiger partial charge in [0, 0.05) is 0 Å². The van der Waals surface area contributed by atoms with E-state index >= 15 is 22.0 Å². The number of alkyl halides is 4. The summed E-state index contributed by atoms with van der Waals surface area (Å²) in [6, 6.07) is 7.44. The molecule has 4 rings (SSSR count). The normalized spacial score (nSPS) is 15.0. The van der Waals surface area contributed by atoms with Gasteiger partial charge in [-0.25, -0.2) is 18.0 Å². The van der Waals surface area contributed by atoms with Gasteiger partial charge in [0.05, 0.1) is 16.7 Å². The SMILES string of the molecule is C=CCCc1ccc(C(=O)Oc2ccc3c(c2F)C(F)(F)C(F)(F)c2c-3ccc(CCC)c2F)c(F)c1. The van der Waals surface area contributed by atoms with Crippen LogP contribution in [-0.2, 0) is 24.7 Å². The van der Waals surface area contributed by atoms with E-state index in [9.17, 15) is 13.6 Å². The van der Waals surface area contributed by atoms with Crippen LogP contribution in [0.2, 0.25) is 0 Å². The number of esters is 1. The summed E-state index contributed by atoms with van der Waals surface area (Å²) in [4.78, 5) is 12.5. The van der Waals surface area contributed by atoms with Crippen molar-refractivity contribution in [3.63, 3.8) is 0 Å². The molecule has 0 unspecified atom stereocenters. The van der Waals surface area contributed by atoms with E-state index in [-0.39, 0.29) is 12.0 Å². The van der Waals surface area contributed by atoms with Gasteiger partial charge >= 0.3 is 17.8 Å². The molecule has 9 heteroatoms. The van der Waals surface area contributed by atoms with Gasteiger partial charge < -0.3 is 4.74 Å². The Hall–Kier alpha value is -3.62. The molecule has 3 aromatic rings. The number of allylic oxidation sites excluding steroid dienone is 1. The van der Waals surface area contributed by atoms with E-state index < -0.39 is 68.8 Å². The van der Waals surface area contributed by atoms with Crippen LogP contribution in [0.3, 0.4) is 0 Å². The Bertz CT molecular complexity index is 1400. The van der Waals surface area contributed by atoms with Gasteiger partial charge in [-0.3, -0.25) is 0 Å². The summed E-state index contributed by atoms with van der Waals surface area (Å²) in [6.07, 6.45) is 3.05. The summed E-state index contributed by atoms with van der Waals surface area (Å²) < 4.78 is 110. The first kappa shape index (κ1) is 26.4. The van der Waals surface area contributed by atoms with Crippen molar-refractivity contribution >= 4 is 5.97 Å². The molecule has 1 aliphatic carbocycles. The van der Waals surface area contributed by atoms with Crippen molar-refractivity contribution in [1.82, 2.24) is 0 Å². The second-order valence-electron chi connectivity index (χ2n) is 8.69. The lowest BCUT2D eigenvalue weighted by atomic mass is 9.79. The lowest BCUT2D eigenvalue weighted by molar-refractivity contribution is -0.227. The predicted octanol–water partition coefficient (Wildman–Crippen LogP) is 8.26. The number of carbonyl (C=O) groups excluding carboxylic acids is 1. The fraction of sp³-hybridized carbons (Fsp3) is 0.250. The molecule has 0 atom stereocenters. The summed E-state index contributed by atoms with van der Waals surface area (Å²) in [5.74, 6) is -17.2. The summed E-state index contributed by atoms with van der Waals surface area (Å²) >= 11 is 0. The molecule has 1 aliphatic rings. The van der Waals surface area contributed by atoms with E-state index in [1.54, 1.807) is 13.0 Å². The van der Waals surface area contributed by atoms with E-state index in [1.807, 2.05) is 0 Å². The van der Waals surface area contributed by atoms with Crippen LogP contribution in [0.5, 0.6) is 5.75 Å². The lowest BCUT2D eigenvalue weighted by Crippen LogP contribution is -2.41. The van der Waals surface area contributed by atoms with Crippen LogP contribution in [0.15, 0.2) is 55.1 Å². The first-order valence-corrected chi connectivity index (χ1v) is 11.5. The van der Waals surface area contributed by atoms with Crippen LogP contribution in [0, 0.1) is 17.5 Å². The van der Waals surface area contributed by atoms with Gasteiger partial charge in [0.25, 0.3) is 0 Å². The van der Waals surface area contributed by atoms with E-state index in [1.165, 1.54) is 12.1 Å². The Morgan fingerprint density at radius 3 is 2.11 bits per heavy atom. The molecular formula is C28H21F7O2. The summed E-state index contributed by atoms with van der Waals surface area (Å²) in [7, 11) is 0. The zero-order valence-electron chi connectivity index (χ0n) is 19.6. The monoisotopic (exact) mass is 522 g/mol. The van der Waals surface area contributed by atoms with Gasteiger partial charge in [0.2, 0.25) is 0 Å². The van der Waals surface area contributed by atoms with Gasteiger partial charge in [-0.1, -0.05) is 37.6 Å². The standard InChI is InChI=1S/C28H21F7O2/c1-3-5-7-15-8-10-19(20(29)14-15)26(36)37-21-13-12-18-17-11-9-16(6-4-2)24(30)22(17)27(32,33)28(34,35)23(18)25(21)31/h3,8-14H,1,4-7H2,2H3. The molecule has 0 saturated heterocycles. The summed E-state index contributed by atoms with van der Waals surface area (Å²) in [5.41, 5.74) is -4.74. The average molecular weight is 522 g/mol. The highest BCUT2D eigenvalue weighted by atomic mass is 19.3. The molecular weight excluding hydrogens is 501 g/mol. The van der Waals surface area contributed by atoms with Crippen molar-refractivity contribution in [3.8, 4) is 16.9 Å². The van der Waals surface area contributed by atoms with Crippen LogP contribution in [0.1, 0.15) is 52.4 Å². The van der Waals surface area contributed by atoms with E-state index in [0.717, 1.165) is 30.3 Å². The topological polar surface area (TPSA) is 26.3 Å². The number of ether oxygens (including phenoxy) is 1. The second-order valence-corrected chi connectivity index (χ2v) is 8.69. The molecule has 0 amide bonds. The first-order chi connectivity index (χ1) is 17.4. The zero-order chi connectivity index (χ0) is 27.1. The van der Waals surface area contributed by atoms with Gasteiger partial charge in [-0.2, -0.15) is 17.6 Å². The Morgan fingerprint density at radius 2 is 1.51 bits per heavy atom. The minimum Gasteiger partial charge on any atom is -0.420 e. The maximum absolute atomic E-state index is 15.3. The molecule has 194 valence electrons. The molecule has 37 heavy (non-hydrogen) atoms. The minimum atomic E-state index is -5.18. The minimum absolute atomic E-state index is 0.0443. The summed E-state index contributed by atoms with van der Waals surface area (Å²) in [6.45, 7) is 5.22. The number of rotatable bonds is 7. The van der Waals surface area contributed by atoms with Crippen LogP contribution in [0.25, 0.3) is 11.1 Å². The highest BCUT2D eigenvalue weighted by Crippen LogP contribution is 2.60. The number of fused-ring (bicyclic) bond motifs is 3. The fourth-order valence-electron chi connectivity index (χ4n) is 4.40. The number of carbonyl (C=O) groups is 1. The molecule has 0 bridgehead atoms. The average Bonchev–Trinajstić information content (AvgIpc) is 2.84. The smallest absolute Gasteiger partial charge is 0.346 e. The Kier molecular flexibility index (Phi) is 6.92. The quantitative estimate of drug-likeness (QED) is 0.135. The Labute approximate surface area is 208 Å². The largest absolute Gasteiger partial charge is 0.420 e. The number of aryl methyl sites for hydroxylation is 2. The van der Waals surface area contributed by atoms with Crippen molar-refractivity contribution in [2.24, 2.45) is 0 Å². The number of halogens is 7. The van der Waals surface area contributed by atoms with Crippen LogP contribution in [0.4, 0.5) is 30.7 Å². The van der Waals surface area contributed by atoms with Crippen molar-refractivity contribution < 1.29 is 40.3 Å². The predicted molar refractivity (Wildman–Crippen MR) is 123 cm³/mol. The number of benzene rings is 3. The second kappa shape index (κ2) is 9.68. The highest BCUT2D eigenvalue weighted by molar-refractivity contribution is 5.91. The van der Waals surface area contributed by atoms with Crippen LogP contribution < -0.4 is 4.74 Å².